The molecule has 2 aromatic rings. The second-order valence-corrected chi connectivity index (χ2v) is 3.88. The second-order valence-electron chi connectivity index (χ2n) is 3.88. The predicted octanol–water partition coefficient (Wildman–Crippen LogP) is 3.58. The van der Waals surface area contributed by atoms with Crippen molar-refractivity contribution in [2.75, 3.05) is 0 Å². The van der Waals surface area contributed by atoms with Gasteiger partial charge in [0.2, 0.25) is 0 Å². The largest absolute Gasteiger partial charge is 0.416 e. The smallest absolute Gasteiger partial charge is 0.342 e. The van der Waals surface area contributed by atoms with E-state index < -0.39 is 11.7 Å². The number of rotatable bonds is 1. The summed E-state index contributed by atoms with van der Waals surface area (Å²) in [6, 6.07) is 8.52. The molecule has 0 atom stereocenters. The lowest BCUT2D eigenvalue weighted by Gasteiger charge is -2.07. The Kier molecular flexibility index (Phi) is 2.87. The lowest BCUT2D eigenvalue weighted by atomic mass is 10.0. The van der Waals surface area contributed by atoms with E-state index in [1.807, 2.05) is 6.07 Å². The summed E-state index contributed by atoms with van der Waals surface area (Å²) in [6.07, 6.45) is -2.64. The summed E-state index contributed by atoms with van der Waals surface area (Å²) >= 11 is 0. The second kappa shape index (κ2) is 4.22. The maximum absolute atomic E-state index is 12.4. The quantitative estimate of drug-likeness (QED) is 0.760. The fourth-order valence-corrected chi connectivity index (χ4v) is 1.74. The third-order valence-electron chi connectivity index (χ3n) is 2.70. The standard InChI is InChI=1S/C13H9F3N2/c1-18-7-6-11(12(18)8-17)9-2-4-10(5-3-9)13(14,15)16/h2-7H,1H3. The average Bonchev–Trinajstić information content (AvgIpc) is 2.69. The third-order valence-corrected chi connectivity index (χ3v) is 2.70. The highest BCUT2D eigenvalue weighted by molar-refractivity contribution is 5.69. The summed E-state index contributed by atoms with van der Waals surface area (Å²) in [7, 11) is 1.71. The Hall–Kier alpha value is -2.22. The van der Waals surface area contributed by atoms with Crippen molar-refractivity contribution in [2.45, 2.75) is 6.18 Å². The maximum atomic E-state index is 12.4. The van der Waals surface area contributed by atoms with Crippen molar-refractivity contribution in [1.29, 1.82) is 5.26 Å². The molecule has 2 rings (SSSR count). The number of aryl methyl sites for hydroxylation is 1. The van der Waals surface area contributed by atoms with Crippen LogP contribution in [0.5, 0.6) is 0 Å². The first-order valence-corrected chi connectivity index (χ1v) is 5.16. The highest BCUT2D eigenvalue weighted by Gasteiger charge is 2.30. The summed E-state index contributed by atoms with van der Waals surface area (Å²) in [5.41, 5.74) is 0.962. The molecule has 0 N–H and O–H groups in total. The van der Waals surface area contributed by atoms with Crippen LogP contribution in [0.2, 0.25) is 0 Å². The number of hydrogen-bond donors (Lipinski definition) is 0. The molecule has 0 bridgehead atoms. The van der Waals surface area contributed by atoms with Gasteiger partial charge in [-0.15, -0.1) is 0 Å². The highest BCUT2D eigenvalue weighted by Crippen LogP contribution is 2.31. The van der Waals surface area contributed by atoms with Crippen LogP contribution >= 0.6 is 0 Å². The van der Waals surface area contributed by atoms with E-state index in [0.717, 1.165) is 12.1 Å². The zero-order chi connectivity index (χ0) is 13.3. The van der Waals surface area contributed by atoms with E-state index in [1.54, 1.807) is 23.9 Å². The highest BCUT2D eigenvalue weighted by atomic mass is 19.4. The molecule has 0 saturated carbocycles. The van der Waals surface area contributed by atoms with Crippen molar-refractivity contribution in [3.63, 3.8) is 0 Å². The Balaban J connectivity index is 2.45. The van der Waals surface area contributed by atoms with Crippen molar-refractivity contribution in [1.82, 2.24) is 4.57 Å². The van der Waals surface area contributed by atoms with Crippen molar-refractivity contribution in [2.24, 2.45) is 7.05 Å². The van der Waals surface area contributed by atoms with Gasteiger partial charge in [0.25, 0.3) is 0 Å². The molecule has 92 valence electrons. The first-order chi connectivity index (χ1) is 8.43. The molecule has 0 aliphatic heterocycles. The predicted molar refractivity (Wildman–Crippen MR) is 60.6 cm³/mol. The van der Waals surface area contributed by atoms with E-state index in [-0.39, 0.29) is 0 Å². The number of nitrogens with zero attached hydrogens (tertiary/aromatic N) is 2. The Morgan fingerprint density at radius 3 is 2.22 bits per heavy atom. The topological polar surface area (TPSA) is 28.7 Å². The van der Waals surface area contributed by atoms with Gasteiger partial charge in [-0.1, -0.05) is 12.1 Å². The molecule has 1 aromatic heterocycles. The minimum absolute atomic E-state index is 0.426. The first kappa shape index (κ1) is 12.2. The summed E-state index contributed by atoms with van der Waals surface area (Å²) in [5.74, 6) is 0. The van der Waals surface area contributed by atoms with Gasteiger partial charge in [0.1, 0.15) is 11.8 Å². The molecule has 1 aromatic carbocycles. The van der Waals surface area contributed by atoms with E-state index in [2.05, 4.69) is 0 Å². The number of nitriles is 1. The zero-order valence-corrected chi connectivity index (χ0v) is 9.49. The average molecular weight is 250 g/mol. The molecule has 0 radical (unpaired) electrons. The Morgan fingerprint density at radius 2 is 1.72 bits per heavy atom. The molecule has 0 fully saturated rings. The van der Waals surface area contributed by atoms with Crippen LogP contribution in [0, 0.1) is 11.3 Å². The van der Waals surface area contributed by atoms with Crippen molar-refractivity contribution in [3.8, 4) is 17.2 Å². The van der Waals surface area contributed by atoms with Gasteiger partial charge >= 0.3 is 6.18 Å². The van der Waals surface area contributed by atoms with Crippen molar-refractivity contribution in [3.05, 3.63) is 47.8 Å². The van der Waals surface area contributed by atoms with Crippen LogP contribution in [0.25, 0.3) is 11.1 Å². The van der Waals surface area contributed by atoms with E-state index in [9.17, 15) is 13.2 Å². The molecule has 0 spiro atoms. The molecule has 2 nitrogen and oxygen atoms in total. The minimum atomic E-state index is -4.34. The Labute approximate surface area is 102 Å². The van der Waals surface area contributed by atoms with Gasteiger partial charge in [-0.3, -0.25) is 0 Å². The fraction of sp³-hybridized carbons (Fsp3) is 0.154. The van der Waals surface area contributed by atoms with Crippen LogP contribution in [-0.2, 0) is 13.2 Å². The van der Waals surface area contributed by atoms with Crippen LogP contribution in [0.3, 0.4) is 0 Å². The van der Waals surface area contributed by atoms with Crippen molar-refractivity contribution >= 4 is 0 Å². The lowest BCUT2D eigenvalue weighted by Crippen LogP contribution is -2.04. The number of aromatic nitrogens is 1. The molecule has 0 aliphatic carbocycles. The van der Waals surface area contributed by atoms with Gasteiger partial charge in [-0.05, 0) is 23.8 Å². The Morgan fingerprint density at radius 1 is 1.11 bits per heavy atom. The van der Waals surface area contributed by atoms with Gasteiger partial charge < -0.3 is 4.57 Å². The van der Waals surface area contributed by atoms with Crippen LogP contribution in [0.15, 0.2) is 36.5 Å². The van der Waals surface area contributed by atoms with Gasteiger partial charge in [-0.25, -0.2) is 0 Å². The zero-order valence-electron chi connectivity index (χ0n) is 9.49. The summed E-state index contributed by atoms with van der Waals surface area (Å²) in [4.78, 5) is 0. The molecular formula is C13H9F3N2. The molecule has 0 amide bonds. The van der Waals surface area contributed by atoms with E-state index in [0.29, 0.717) is 16.8 Å². The number of halogens is 3. The summed E-state index contributed by atoms with van der Waals surface area (Å²) in [5, 5.41) is 8.98. The lowest BCUT2D eigenvalue weighted by molar-refractivity contribution is -0.137. The summed E-state index contributed by atoms with van der Waals surface area (Å²) in [6.45, 7) is 0. The minimum Gasteiger partial charge on any atom is -0.342 e. The molecule has 0 saturated heterocycles. The van der Waals surface area contributed by atoms with Gasteiger partial charge in [-0.2, -0.15) is 18.4 Å². The van der Waals surface area contributed by atoms with Gasteiger partial charge in [0, 0.05) is 18.8 Å². The normalized spacial score (nSPS) is 11.3. The van der Waals surface area contributed by atoms with Crippen LogP contribution in [-0.4, -0.2) is 4.57 Å². The van der Waals surface area contributed by atoms with Crippen molar-refractivity contribution < 1.29 is 13.2 Å². The van der Waals surface area contributed by atoms with Crippen LogP contribution in [0.4, 0.5) is 13.2 Å². The molecule has 1 heterocycles. The number of hydrogen-bond acceptors (Lipinski definition) is 1. The van der Waals surface area contributed by atoms with E-state index >= 15 is 0 Å². The fourth-order valence-electron chi connectivity index (χ4n) is 1.74. The van der Waals surface area contributed by atoms with E-state index in [4.69, 9.17) is 5.26 Å². The van der Waals surface area contributed by atoms with Crippen LogP contribution < -0.4 is 0 Å². The van der Waals surface area contributed by atoms with Gasteiger partial charge in [0.05, 0.1) is 5.56 Å². The molecule has 0 unspecified atom stereocenters. The van der Waals surface area contributed by atoms with Gasteiger partial charge in [0.15, 0.2) is 0 Å². The Bertz CT molecular complexity index is 601. The molecule has 5 heteroatoms. The molecule has 18 heavy (non-hydrogen) atoms. The number of benzene rings is 1. The third kappa shape index (κ3) is 2.09. The summed E-state index contributed by atoms with van der Waals surface area (Å²) < 4.78 is 38.9. The number of alkyl halides is 3. The molecule has 0 aliphatic rings. The molecular weight excluding hydrogens is 241 g/mol. The monoisotopic (exact) mass is 250 g/mol. The first-order valence-electron chi connectivity index (χ1n) is 5.16. The maximum Gasteiger partial charge on any atom is 0.416 e. The van der Waals surface area contributed by atoms with E-state index in [1.165, 1.54) is 12.1 Å². The van der Waals surface area contributed by atoms with Crippen LogP contribution in [0.1, 0.15) is 11.3 Å². The SMILES string of the molecule is Cn1ccc(-c2ccc(C(F)(F)F)cc2)c1C#N.